The van der Waals surface area contributed by atoms with Gasteiger partial charge in [-0.3, -0.25) is 9.59 Å². The summed E-state index contributed by atoms with van der Waals surface area (Å²) >= 11 is 1.08. The molecule has 2 aliphatic rings. The molecule has 0 unspecified atom stereocenters. The van der Waals surface area contributed by atoms with E-state index in [9.17, 15) is 14.7 Å². The summed E-state index contributed by atoms with van der Waals surface area (Å²) in [6.07, 6.45) is 3.21. The van der Waals surface area contributed by atoms with Crippen molar-refractivity contribution in [1.82, 2.24) is 4.57 Å². The number of thiophene rings is 1. The van der Waals surface area contributed by atoms with Crippen molar-refractivity contribution in [1.29, 1.82) is 0 Å². The summed E-state index contributed by atoms with van der Waals surface area (Å²) in [6, 6.07) is 1.34. The van der Waals surface area contributed by atoms with Gasteiger partial charge in [-0.15, -0.1) is 11.3 Å². The van der Waals surface area contributed by atoms with Gasteiger partial charge in [-0.1, -0.05) is 0 Å². The molecular weight excluding hydrogens is 435 g/mol. The molecule has 2 aromatic heterocycles. The minimum atomic E-state index is -0.541. The first kappa shape index (κ1) is 22.5. The highest BCUT2D eigenvalue weighted by molar-refractivity contribution is 7.20. The molecule has 32 heavy (non-hydrogen) atoms. The number of methoxy groups -OCH3 is 1. The molecule has 0 spiro atoms. The van der Waals surface area contributed by atoms with Gasteiger partial charge >= 0.3 is 0 Å². The second-order valence-corrected chi connectivity index (χ2v) is 9.05. The summed E-state index contributed by atoms with van der Waals surface area (Å²) in [7, 11) is 2.98. The van der Waals surface area contributed by atoms with E-state index in [1.165, 1.54) is 20.2 Å². The maximum Gasteiger partial charge on any atom is 0.202 e. The normalized spacial score (nSPS) is 18.2. The third kappa shape index (κ3) is 3.33. The van der Waals surface area contributed by atoms with Crippen molar-refractivity contribution in [3.05, 3.63) is 27.0 Å². The molecule has 1 saturated carbocycles. The second-order valence-electron chi connectivity index (χ2n) is 8.02. The predicted molar refractivity (Wildman–Crippen MR) is 125 cm³/mol. The molecule has 10 heteroatoms. The van der Waals surface area contributed by atoms with Crippen LogP contribution in [0.15, 0.2) is 10.9 Å². The van der Waals surface area contributed by atoms with Crippen LogP contribution in [0.5, 0.6) is 11.5 Å². The number of rotatable bonds is 5. The lowest BCUT2D eigenvalue weighted by Crippen LogP contribution is -2.24. The van der Waals surface area contributed by atoms with E-state index in [1.807, 2.05) is 9.47 Å². The van der Waals surface area contributed by atoms with Crippen LogP contribution in [0.3, 0.4) is 0 Å². The molecule has 1 aliphatic heterocycles. The molecule has 0 bridgehead atoms. The first-order valence-corrected chi connectivity index (χ1v) is 11.4. The number of fused-ring (bicyclic) bond motifs is 2. The fraction of sp³-hybridized carbons (Fsp3) is 0.455. The Hall–Kier alpha value is -2.69. The van der Waals surface area contributed by atoms with E-state index in [1.54, 1.807) is 0 Å². The smallest absolute Gasteiger partial charge is 0.202 e. The van der Waals surface area contributed by atoms with Crippen LogP contribution in [0.2, 0.25) is 0 Å². The van der Waals surface area contributed by atoms with Gasteiger partial charge in [-0.25, -0.2) is 4.39 Å². The standard InChI is InChI=1S/C21H22FN3O4S.CH5N/c1-29-20-16-12(6-13(22)17(20)24-5-4-10(7-23)8-24)18(27)15-19(28)14(9-26)30-21(15)25(16)11-2-3-11;1-2/h6,9-11,28H,2-5,7-8,23H2,1H3;2H2,1H3/t10-;/m0./s1. The summed E-state index contributed by atoms with van der Waals surface area (Å²) in [6.45, 7) is 1.82. The zero-order chi connectivity index (χ0) is 23.2. The first-order chi connectivity index (χ1) is 15.5. The Morgan fingerprint density at radius 2 is 2.06 bits per heavy atom. The number of pyridine rings is 1. The quantitative estimate of drug-likeness (QED) is 0.498. The topological polar surface area (TPSA) is 124 Å². The van der Waals surface area contributed by atoms with E-state index >= 15 is 4.39 Å². The van der Waals surface area contributed by atoms with Crippen molar-refractivity contribution in [2.24, 2.45) is 17.4 Å². The number of anilines is 1. The van der Waals surface area contributed by atoms with E-state index in [4.69, 9.17) is 10.5 Å². The molecule has 1 aliphatic carbocycles. The first-order valence-electron chi connectivity index (χ1n) is 10.6. The van der Waals surface area contributed by atoms with Gasteiger partial charge in [0.05, 0.1) is 18.0 Å². The summed E-state index contributed by atoms with van der Waals surface area (Å²) in [4.78, 5) is 27.2. The predicted octanol–water partition coefficient (Wildman–Crippen LogP) is 2.58. The Morgan fingerprint density at radius 1 is 1.34 bits per heavy atom. The molecule has 1 aromatic carbocycles. The van der Waals surface area contributed by atoms with Crippen LogP contribution >= 0.6 is 11.3 Å². The lowest BCUT2D eigenvalue weighted by atomic mass is 10.1. The highest BCUT2D eigenvalue weighted by Crippen LogP contribution is 2.48. The summed E-state index contributed by atoms with van der Waals surface area (Å²) < 4.78 is 23.0. The monoisotopic (exact) mass is 462 g/mol. The molecule has 1 atom stereocenters. The van der Waals surface area contributed by atoms with Gasteiger partial charge in [0.15, 0.2) is 17.9 Å². The molecule has 5 rings (SSSR count). The number of ether oxygens (including phenoxy) is 1. The molecule has 1 saturated heterocycles. The van der Waals surface area contributed by atoms with Crippen LogP contribution < -0.4 is 26.5 Å². The third-order valence-electron chi connectivity index (χ3n) is 6.16. The lowest BCUT2D eigenvalue weighted by Gasteiger charge is -2.24. The van der Waals surface area contributed by atoms with Gasteiger partial charge in [0.25, 0.3) is 0 Å². The fourth-order valence-electron chi connectivity index (χ4n) is 4.53. The van der Waals surface area contributed by atoms with Crippen molar-refractivity contribution in [3.63, 3.8) is 0 Å². The Labute approximate surface area is 188 Å². The summed E-state index contributed by atoms with van der Waals surface area (Å²) in [5.41, 5.74) is 10.7. The highest BCUT2D eigenvalue weighted by atomic mass is 32.1. The molecule has 0 radical (unpaired) electrons. The van der Waals surface area contributed by atoms with Crippen LogP contribution in [0, 0.1) is 11.7 Å². The van der Waals surface area contributed by atoms with Crippen LogP contribution in [0.1, 0.15) is 35.0 Å². The van der Waals surface area contributed by atoms with Crippen LogP contribution in [-0.2, 0) is 0 Å². The number of hydrogen-bond donors (Lipinski definition) is 3. The molecule has 5 N–H and O–H groups in total. The summed E-state index contributed by atoms with van der Waals surface area (Å²) in [5, 5.41) is 10.7. The number of benzene rings is 1. The van der Waals surface area contributed by atoms with E-state index in [2.05, 4.69) is 5.73 Å². The average molecular weight is 463 g/mol. The number of hydrogen-bond acceptors (Lipinski definition) is 8. The average Bonchev–Trinajstić information content (AvgIpc) is 3.43. The van der Waals surface area contributed by atoms with E-state index in [0.29, 0.717) is 47.7 Å². The molecule has 172 valence electrons. The maximum absolute atomic E-state index is 15.3. The van der Waals surface area contributed by atoms with Gasteiger partial charge < -0.3 is 30.8 Å². The number of halogens is 1. The minimum Gasteiger partial charge on any atom is -0.505 e. The third-order valence-corrected chi connectivity index (χ3v) is 7.27. The Balaban J connectivity index is 0.00000119. The lowest BCUT2D eigenvalue weighted by molar-refractivity contribution is 0.112. The molecule has 2 fully saturated rings. The van der Waals surface area contributed by atoms with Crippen LogP contribution in [0.25, 0.3) is 21.1 Å². The van der Waals surface area contributed by atoms with Gasteiger partial charge in [-0.05, 0) is 44.8 Å². The minimum absolute atomic E-state index is 0.0695. The zero-order valence-electron chi connectivity index (χ0n) is 18.1. The highest BCUT2D eigenvalue weighted by Gasteiger charge is 2.34. The van der Waals surface area contributed by atoms with Crippen LogP contribution in [-0.4, -0.2) is 49.8 Å². The number of carbonyl (C=O) groups excluding carboxylic acids is 1. The Morgan fingerprint density at radius 3 is 2.62 bits per heavy atom. The van der Waals surface area contributed by atoms with E-state index < -0.39 is 11.2 Å². The Kier molecular flexibility index (Phi) is 6.11. The van der Waals surface area contributed by atoms with Crippen molar-refractivity contribution in [2.75, 3.05) is 38.7 Å². The zero-order valence-corrected chi connectivity index (χ0v) is 18.9. The van der Waals surface area contributed by atoms with Gasteiger partial charge in [0.1, 0.15) is 26.5 Å². The molecule has 0 amide bonds. The number of carbonyl (C=O) groups is 1. The maximum atomic E-state index is 15.3. The second kappa shape index (κ2) is 8.68. The molecule has 8 nitrogen and oxygen atoms in total. The van der Waals surface area contributed by atoms with Crippen molar-refractivity contribution in [3.8, 4) is 11.5 Å². The molecular formula is C22H27FN4O4S. The molecule has 3 aromatic rings. The van der Waals surface area contributed by atoms with Crippen molar-refractivity contribution in [2.45, 2.75) is 25.3 Å². The van der Waals surface area contributed by atoms with E-state index in [-0.39, 0.29) is 33.4 Å². The SMILES string of the molecule is CN.COc1c(N2CC[C@@H](CN)C2)c(F)cc2c(=O)c3c(O)c(C=O)sc3n(C3CC3)c12. The van der Waals surface area contributed by atoms with Crippen molar-refractivity contribution >= 4 is 44.4 Å². The number of aldehydes is 1. The van der Waals surface area contributed by atoms with E-state index in [0.717, 1.165) is 30.6 Å². The molecule has 3 heterocycles. The largest absolute Gasteiger partial charge is 0.505 e. The van der Waals surface area contributed by atoms with Crippen molar-refractivity contribution < 1.29 is 19.0 Å². The number of nitrogens with two attached hydrogens (primary N) is 2. The Bertz CT molecular complexity index is 1250. The van der Waals surface area contributed by atoms with Crippen LogP contribution in [0.4, 0.5) is 10.1 Å². The number of aromatic hydroxyl groups is 1. The van der Waals surface area contributed by atoms with Gasteiger partial charge in [0, 0.05) is 19.1 Å². The number of aromatic nitrogens is 1. The van der Waals surface area contributed by atoms with Gasteiger partial charge in [0.2, 0.25) is 5.43 Å². The fourth-order valence-corrected chi connectivity index (χ4v) is 5.62. The summed E-state index contributed by atoms with van der Waals surface area (Å²) in [5.74, 6) is -0.280. The van der Waals surface area contributed by atoms with Gasteiger partial charge in [-0.2, -0.15) is 0 Å². The number of nitrogens with zero attached hydrogens (tertiary/aromatic N) is 2.